The normalized spacial score (nSPS) is 28.8. The Bertz CT molecular complexity index is 368. The van der Waals surface area contributed by atoms with Crippen molar-refractivity contribution in [2.24, 2.45) is 17.8 Å². The molecular formula is C15H26N2O3. The Morgan fingerprint density at radius 1 is 1.30 bits per heavy atom. The Labute approximate surface area is 120 Å². The number of hydrogen-bond donors (Lipinski definition) is 2. The summed E-state index contributed by atoms with van der Waals surface area (Å²) >= 11 is 0. The molecule has 114 valence electrons. The van der Waals surface area contributed by atoms with Crippen molar-refractivity contribution in [1.29, 1.82) is 0 Å². The molecule has 1 heterocycles. The fourth-order valence-corrected chi connectivity index (χ4v) is 3.74. The fourth-order valence-electron chi connectivity index (χ4n) is 3.74. The van der Waals surface area contributed by atoms with Crippen molar-refractivity contribution in [2.75, 3.05) is 13.1 Å². The van der Waals surface area contributed by atoms with Crippen molar-refractivity contribution in [3.8, 4) is 0 Å². The first-order chi connectivity index (χ1) is 9.58. The highest BCUT2D eigenvalue weighted by molar-refractivity contribution is 5.83. The van der Waals surface area contributed by atoms with Crippen LogP contribution in [-0.2, 0) is 4.79 Å². The number of carbonyl (C=O) groups excluding carboxylic acids is 1. The molecule has 3 atom stereocenters. The lowest BCUT2D eigenvalue weighted by Gasteiger charge is -2.25. The summed E-state index contributed by atoms with van der Waals surface area (Å²) in [6.45, 7) is 5.47. The van der Waals surface area contributed by atoms with Gasteiger partial charge in [0.05, 0.1) is 0 Å². The van der Waals surface area contributed by atoms with Gasteiger partial charge in [-0.2, -0.15) is 0 Å². The number of urea groups is 1. The van der Waals surface area contributed by atoms with Gasteiger partial charge in [-0.25, -0.2) is 9.59 Å². The van der Waals surface area contributed by atoms with Crippen molar-refractivity contribution >= 4 is 12.0 Å². The van der Waals surface area contributed by atoms with Crippen LogP contribution in [-0.4, -0.2) is 41.1 Å². The van der Waals surface area contributed by atoms with Gasteiger partial charge >= 0.3 is 12.0 Å². The number of hydrogen-bond acceptors (Lipinski definition) is 2. The summed E-state index contributed by atoms with van der Waals surface area (Å²) in [5.41, 5.74) is 0. The molecule has 2 aliphatic rings. The minimum Gasteiger partial charge on any atom is -0.480 e. The number of carboxylic acids is 1. The molecule has 2 N–H and O–H groups in total. The second-order valence-corrected chi connectivity index (χ2v) is 6.16. The van der Waals surface area contributed by atoms with Gasteiger partial charge in [-0.15, -0.1) is 0 Å². The Morgan fingerprint density at radius 3 is 2.60 bits per heavy atom. The zero-order chi connectivity index (χ0) is 14.7. The summed E-state index contributed by atoms with van der Waals surface area (Å²) in [4.78, 5) is 25.3. The van der Waals surface area contributed by atoms with Gasteiger partial charge in [0.15, 0.2) is 0 Å². The van der Waals surface area contributed by atoms with Crippen LogP contribution < -0.4 is 5.32 Å². The number of carboxylic acid groups (broad SMARTS) is 1. The molecule has 0 radical (unpaired) electrons. The zero-order valence-electron chi connectivity index (χ0n) is 12.5. The maximum absolute atomic E-state index is 12.3. The highest BCUT2D eigenvalue weighted by Gasteiger charge is 2.49. The minimum atomic E-state index is -0.850. The molecule has 20 heavy (non-hydrogen) atoms. The first kappa shape index (κ1) is 15.1. The highest BCUT2D eigenvalue weighted by Crippen LogP contribution is 2.42. The van der Waals surface area contributed by atoms with Gasteiger partial charge in [0.2, 0.25) is 0 Å². The van der Waals surface area contributed by atoms with E-state index in [1.54, 1.807) is 4.90 Å². The average molecular weight is 282 g/mol. The molecule has 1 aliphatic heterocycles. The largest absolute Gasteiger partial charge is 0.480 e. The van der Waals surface area contributed by atoms with Crippen LogP contribution in [0.1, 0.15) is 46.0 Å². The number of amides is 2. The lowest BCUT2D eigenvalue weighted by molar-refractivity contribution is -0.142. The Hall–Kier alpha value is -1.26. The van der Waals surface area contributed by atoms with Crippen molar-refractivity contribution in [1.82, 2.24) is 10.2 Å². The first-order valence-electron chi connectivity index (χ1n) is 7.85. The standard InChI is InChI=1S/C15H26N2O3/c1-3-10(4-2)8-16-15(20)17-9-11-6-5-7-12(11)13(17)14(18)19/h10-13H,3-9H2,1-2H3,(H,16,20)(H,18,19). The number of rotatable bonds is 5. The van der Waals surface area contributed by atoms with E-state index in [9.17, 15) is 14.7 Å². The van der Waals surface area contributed by atoms with E-state index >= 15 is 0 Å². The van der Waals surface area contributed by atoms with Crippen molar-refractivity contribution in [3.63, 3.8) is 0 Å². The van der Waals surface area contributed by atoms with E-state index in [2.05, 4.69) is 19.2 Å². The molecule has 1 saturated carbocycles. The number of aliphatic carboxylic acids is 1. The van der Waals surface area contributed by atoms with Gasteiger partial charge in [0, 0.05) is 13.1 Å². The van der Waals surface area contributed by atoms with Gasteiger partial charge in [0.1, 0.15) is 6.04 Å². The van der Waals surface area contributed by atoms with Gasteiger partial charge in [-0.1, -0.05) is 33.1 Å². The number of fused-ring (bicyclic) bond motifs is 1. The maximum Gasteiger partial charge on any atom is 0.326 e. The SMILES string of the molecule is CCC(CC)CNC(=O)N1CC2CCCC2C1C(=O)O. The average Bonchev–Trinajstić information content (AvgIpc) is 2.98. The summed E-state index contributed by atoms with van der Waals surface area (Å²) in [7, 11) is 0. The monoisotopic (exact) mass is 282 g/mol. The molecule has 0 spiro atoms. The summed E-state index contributed by atoms with van der Waals surface area (Å²) in [6, 6.07) is -0.817. The van der Waals surface area contributed by atoms with E-state index in [4.69, 9.17) is 0 Å². The minimum absolute atomic E-state index is 0.159. The molecule has 2 rings (SSSR count). The van der Waals surface area contributed by atoms with Crippen LogP contribution in [0, 0.1) is 17.8 Å². The summed E-state index contributed by atoms with van der Waals surface area (Å²) in [5.74, 6) is 0.169. The highest BCUT2D eigenvalue weighted by atomic mass is 16.4. The van der Waals surface area contributed by atoms with Crippen LogP contribution >= 0.6 is 0 Å². The lowest BCUT2D eigenvalue weighted by Crippen LogP contribution is -2.48. The van der Waals surface area contributed by atoms with E-state index in [1.807, 2.05) is 0 Å². The molecule has 5 heteroatoms. The van der Waals surface area contributed by atoms with E-state index in [0.29, 0.717) is 24.9 Å². The third-order valence-electron chi connectivity index (χ3n) is 5.10. The van der Waals surface area contributed by atoms with Crippen LogP contribution in [0.25, 0.3) is 0 Å². The zero-order valence-corrected chi connectivity index (χ0v) is 12.5. The Kier molecular flexibility index (Phi) is 4.89. The molecule has 0 aromatic carbocycles. The van der Waals surface area contributed by atoms with Gasteiger partial charge in [0.25, 0.3) is 0 Å². The molecule has 3 unspecified atom stereocenters. The van der Waals surface area contributed by atoms with E-state index in [-0.39, 0.29) is 11.9 Å². The summed E-state index contributed by atoms with van der Waals surface area (Å²) < 4.78 is 0. The van der Waals surface area contributed by atoms with Crippen LogP contribution in [0.15, 0.2) is 0 Å². The molecular weight excluding hydrogens is 256 g/mol. The predicted molar refractivity (Wildman–Crippen MR) is 76.4 cm³/mol. The van der Waals surface area contributed by atoms with Crippen LogP contribution in [0.5, 0.6) is 0 Å². The van der Waals surface area contributed by atoms with Gasteiger partial charge < -0.3 is 15.3 Å². The molecule has 0 aromatic heterocycles. The molecule has 0 aromatic rings. The second kappa shape index (κ2) is 6.46. The number of carbonyl (C=O) groups is 2. The van der Waals surface area contributed by atoms with Crippen molar-refractivity contribution in [2.45, 2.75) is 52.0 Å². The van der Waals surface area contributed by atoms with Gasteiger partial charge in [-0.3, -0.25) is 0 Å². The maximum atomic E-state index is 12.3. The number of nitrogens with one attached hydrogen (secondary N) is 1. The number of nitrogens with zero attached hydrogens (tertiary/aromatic N) is 1. The Balaban J connectivity index is 1.96. The predicted octanol–water partition coefficient (Wildman–Crippen LogP) is 2.32. The molecule has 5 nitrogen and oxygen atoms in total. The molecule has 2 fully saturated rings. The van der Waals surface area contributed by atoms with E-state index in [0.717, 1.165) is 32.1 Å². The van der Waals surface area contributed by atoms with Crippen molar-refractivity contribution in [3.05, 3.63) is 0 Å². The fraction of sp³-hybridized carbons (Fsp3) is 0.867. The molecule has 2 amide bonds. The topological polar surface area (TPSA) is 69.6 Å². The Morgan fingerprint density at radius 2 is 2.00 bits per heavy atom. The second-order valence-electron chi connectivity index (χ2n) is 6.16. The molecule has 1 saturated heterocycles. The van der Waals surface area contributed by atoms with Crippen LogP contribution in [0.2, 0.25) is 0 Å². The summed E-state index contributed by atoms with van der Waals surface area (Å²) in [6.07, 6.45) is 5.17. The molecule has 0 bridgehead atoms. The third kappa shape index (κ3) is 2.91. The molecule has 1 aliphatic carbocycles. The van der Waals surface area contributed by atoms with Crippen LogP contribution in [0.3, 0.4) is 0 Å². The smallest absolute Gasteiger partial charge is 0.326 e. The lowest BCUT2D eigenvalue weighted by atomic mass is 9.94. The van der Waals surface area contributed by atoms with Crippen molar-refractivity contribution < 1.29 is 14.7 Å². The third-order valence-corrected chi connectivity index (χ3v) is 5.10. The first-order valence-corrected chi connectivity index (χ1v) is 7.85. The quantitative estimate of drug-likeness (QED) is 0.813. The van der Waals surface area contributed by atoms with E-state index in [1.165, 1.54) is 0 Å². The van der Waals surface area contributed by atoms with E-state index < -0.39 is 12.0 Å². The van der Waals surface area contributed by atoms with Crippen LogP contribution in [0.4, 0.5) is 4.79 Å². The number of likely N-dealkylation sites (tertiary alicyclic amines) is 1. The van der Waals surface area contributed by atoms with Gasteiger partial charge in [-0.05, 0) is 30.6 Å². The summed E-state index contributed by atoms with van der Waals surface area (Å²) in [5, 5.41) is 12.4.